The number of likely N-dealkylation sites (N-methyl/N-ethyl adjacent to an activating group) is 2. The molecule has 8 heteroatoms. The van der Waals surface area contributed by atoms with Gasteiger partial charge in [0.15, 0.2) is 0 Å². The normalized spacial score (nSPS) is 14.7. The van der Waals surface area contributed by atoms with Gasteiger partial charge in [0, 0.05) is 6.42 Å². The van der Waals surface area contributed by atoms with Crippen LogP contribution in [0.5, 0.6) is 0 Å². The van der Waals surface area contributed by atoms with Crippen LogP contribution in [0.2, 0.25) is 0 Å². The minimum atomic E-state index is -0.902. The maximum atomic E-state index is 12.0. The highest BCUT2D eigenvalue weighted by atomic mass is 16.3. The van der Waals surface area contributed by atoms with Crippen molar-refractivity contribution in [1.82, 2.24) is 10.9 Å². The van der Waals surface area contributed by atoms with E-state index in [9.17, 15) is 19.8 Å². The van der Waals surface area contributed by atoms with Crippen LogP contribution in [0.3, 0.4) is 0 Å². The average molecular weight is 332 g/mol. The summed E-state index contributed by atoms with van der Waals surface area (Å²) in [4.78, 5) is 23.6. The fraction of sp³-hybridized carbons (Fsp3) is 0.733. The maximum Gasteiger partial charge on any atom is 0.268 e. The Balaban J connectivity index is 4.41. The Bertz CT molecular complexity index is 422. The van der Waals surface area contributed by atoms with Crippen LogP contribution in [0.1, 0.15) is 19.8 Å². The summed E-state index contributed by atoms with van der Waals surface area (Å²) in [6.07, 6.45) is 0.164. The highest BCUT2D eigenvalue weighted by Crippen LogP contribution is 2.02. The van der Waals surface area contributed by atoms with Gasteiger partial charge >= 0.3 is 0 Å². The van der Waals surface area contributed by atoms with Crippen LogP contribution in [0.15, 0.2) is 12.7 Å². The number of amides is 2. The van der Waals surface area contributed by atoms with Crippen molar-refractivity contribution in [2.75, 3.05) is 41.3 Å². The second-order valence-electron chi connectivity index (χ2n) is 7.00. The molecule has 0 saturated heterocycles. The monoisotopic (exact) mass is 332 g/mol. The first-order valence-corrected chi connectivity index (χ1v) is 7.62. The molecule has 2 amide bonds. The van der Waals surface area contributed by atoms with Crippen molar-refractivity contribution in [3.63, 3.8) is 0 Å². The lowest BCUT2D eigenvalue weighted by atomic mass is 10.2. The first-order valence-electron chi connectivity index (χ1n) is 7.62. The molecule has 0 heterocycles. The molecule has 0 aliphatic carbocycles. The minimum absolute atomic E-state index is 0.0625. The van der Waals surface area contributed by atoms with Crippen molar-refractivity contribution in [3.8, 4) is 0 Å². The van der Waals surface area contributed by atoms with E-state index in [1.54, 1.807) is 35.1 Å². The number of hydrogen-bond donors (Lipinski definition) is 4. The predicted molar refractivity (Wildman–Crippen MR) is 87.4 cm³/mol. The SMILES string of the molecule is C=CCC(=O)N[N+](C)(C)CC(O)CC(=O)N[N+](C)(C)CC(C)O. The van der Waals surface area contributed by atoms with E-state index >= 15 is 0 Å². The third kappa shape index (κ3) is 10.8. The van der Waals surface area contributed by atoms with Crippen molar-refractivity contribution in [2.24, 2.45) is 0 Å². The number of nitrogens with zero attached hydrogens (tertiary/aromatic N) is 2. The summed E-state index contributed by atoms with van der Waals surface area (Å²) in [5.74, 6) is -0.517. The van der Waals surface area contributed by atoms with E-state index in [0.717, 1.165) is 0 Å². The summed E-state index contributed by atoms with van der Waals surface area (Å²) in [5, 5.41) is 19.5. The zero-order valence-electron chi connectivity index (χ0n) is 14.9. The van der Waals surface area contributed by atoms with E-state index in [4.69, 9.17) is 0 Å². The second-order valence-corrected chi connectivity index (χ2v) is 7.00. The number of hydrogen-bond acceptors (Lipinski definition) is 4. The quantitative estimate of drug-likeness (QED) is 0.232. The minimum Gasteiger partial charge on any atom is -0.387 e. The van der Waals surface area contributed by atoms with E-state index in [1.165, 1.54) is 6.08 Å². The Hall–Kier alpha value is -1.48. The highest BCUT2D eigenvalue weighted by molar-refractivity contribution is 5.76. The number of quaternary nitrogens is 2. The summed E-state index contributed by atoms with van der Waals surface area (Å²) in [6, 6.07) is 0. The summed E-state index contributed by atoms with van der Waals surface area (Å²) < 4.78 is 0.185. The van der Waals surface area contributed by atoms with Gasteiger partial charge in [-0.15, -0.1) is 6.58 Å². The second kappa shape index (κ2) is 8.97. The molecule has 0 bridgehead atoms. The van der Waals surface area contributed by atoms with Crippen molar-refractivity contribution in [3.05, 3.63) is 12.7 Å². The first kappa shape index (κ1) is 21.5. The van der Waals surface area contributed by atoms with Crippen LogP contribution in [-0.2, 0) is 9.59 Å². The number of carbonyl (C=O) groups excluding carboxylic acids is 2. The Morgan fingerprint density at radius 3 is 2.00 bits per heavy atom. The van der Waals surface area contributed by atoms with Gasteiger partial charge in [-0.25, -0.2) is 20.0 Å². The van der Waals surface area contributed by atoms with Gasteiger partial charge in [0.25, 0.3) is 11.8 Å². The highest BCUT2D eigenvalue weighted by Gasteiger charge is 2.27. The molecule has 8 nitrogen and oxygen atoms in total. The number of rotatable bonds is 10. The Kier molecular flexibility index (Phi) is 8.39. The fourth-order valence-electron chi connectivity index (χ4n) is 2.45. The van der Waals surface area contributed by atoms with Crippen LogP contribution in [0.4, 0.5) is 0 Å². The molecular formula is C15H32N4O4+2. The van der Waals surface area contributed by atoms with Crippen LogP contribution < -0.4 is 10.9 Å². The number of nitrogens with one attached hydrogen (secondary N) is 2. The molecule has 0 radical (unpaired) electrons. The topological polar surface area (TPSA) is 98.7 Å². The Morgan fingerprint density at radius 1 is 1.04 bits per heavy atom. The van der Waals surface area contributed by atoms with Crippen molar-refractivity contribution in [2.45, 2.75) is 32.0 Å². The lowest BCUT2D eigenvalue weighted by Gasteiger charge is -2.32. The molecule has 0 saturated carbocycles. The number of aliphatic hydroxyl groups is 2. The molecule has 0 aliphatic rings. The average Bonchev–Trinajstić information content (AvgIpc) is 2.22. The van der Waals surface area contributed by atoms with Gasteiger partial charge in [0.1, 0.15) is 25.3 Å². The van der Waals surface area contributed by atoms with Gasteiger partial charge < -0.3 is 10.2 Å². The Labute approximate surface area is 138 Å². The van der Waals surface area contributed by atoms with Gasteiger partial charge in [0.05, 0.1) is 34.6 Å². The maximum absolute atomic E-state index is 12.0. The third-order valence-corrected chi connectivity index (χ3v) is 2.99. The molecule has 0 aromatic heterocycles. The van der Waals surface area contributed by atoms with E-state index in [-0.39, 0.29) is 40.4 Å². The van der Waals surface area contributed by atoms with Gasteiger partial charge in [-0.05, 0) is 6.92 Å². The van der Waals surface area contributed by atoms with Crippen LogP contribution in [-0.4, -0.2) is 84.7 Å². The zero-order chi connectivity index (χ0) is 18.3. The largest absolute Gasteiger partial charge is 0.387 e. The molecule has 0 aliphatic heterocycles. The van der Waals surface area contributed by atoms with Gasteiger partial charge in [0.2, 0.25) is 0 Å². The summed E-state index contributed by atoms with van der Waals surface area (Å²) in [7, 11) is 6.98. The number of aliphatic hydroxyl groups excluding tert-OH is 2. The Morgan fingerprint density at radius 2 is 1.52 bits per heavy atom. The molecule has 4 N–H and O–H groups in total. The van der Waals surface area contributed by atoms with Gasteiger partial charge in [-0.1, -0.05) is 6.08 Å². The smallest absolute Gasteiger partial charge is 0.268 e. The molecule has 0 rings (SSSR count). The summed E-state index contributed by atoms with van der Waals surface area (Å²) >= 11 is 0. The van der Waals surface area contributed by atoms with Crippen LogP contribution in [0.25, 0.3) is 0 Å². The molecule has 0 aromatic carbocycles. The van der Waals surface area contributed by atoms with Gasteiger partial charge in [-0.3, -0.25) is 9.59 Å². The molecule has 2 unspecified atom stereocenters. The fourth-order valence-corrected chi connectivity index (χ4v) is 2.45. The first-order chi connectivity index (χ1) is 10.4. The molecule has 0 aromatic rings. The zero-order valence-corrected chi connectivity index (χ0v) is 14.9. The van der Waals surface area contributed by atoms with Gasteiger partial charge in [-0.2, -0.15) is 0 Å². The van der Waals surface area contributed by atoms with E-state index < -0.39 is 12.2 Å². The summed E-state index contributed by atoms with van der Waals surface area (Å²) in [5.41, 5.74) is 5.47. The lowest BCUT2D eigenvalue weighted by molar-refractivity contribution is -0.929. The van der Waals surface area contributed by atoms with Crippen molar-refractivity contribution >= 4 is 11.8 Å². The van der Waals surface area contributed by atoms with Crippen molar-refractivity contribution < 1.29 is 29.0 Å². The van der Waals surface area contributed by atoms with E-state index in [2.05, 4.69) is 17.4 Å². The standard InChI is InChI=1S/C15H30N4O4/c1-7-8-14(22)16-19(5,6)11-13(21)9-15(23)17-18(3,4)10-12(2)20/h7,12-13,20-21H,1,8-11H2,2-6H3/p+2. The molecule has 134 valence electrons. The number of carbonyl (C=O) groups is 2. The molecule has 0 spiro atoms. The molecular weight excluding hydrogens is 300 g/mol. The molecule has 2 atom stereocenters. The molecule has 0 fully saturated rings. The summed E-state index contributed by atoms with van der Waals surface area (Å²) in [6.45, 7) is 5.70. The van der Waals surface area contributed by atoms with Crippen molar-refractivity contribution in [1.29, 1.82) is 0 Å². The molecule has 23 heavy (non-hydrogen) atoms. The van der Waals surface area contributed by atoms with E-state index in [1.807, 2.05) is 0 Å². The van der Waals surface area contributed by atoms with E-state index in [0.29, 0.717) is 6.54 Å². The van der Waals surface area contributed by atoms with Crippen LogP contribution in [0, 0.1) is 0 Å². The third-order valence-electron chi connectivity index (χ3n) is 2.99. The predicted octanol–water partition coefficient (Wildman–Crippen LogP) is -1.09. The van der Waals surface area contributed by atoms with Crippen LogP contribution >= 0.6 is 0 Å². The lowest BCUT2D eigenvalue weighted by Crippen LogP contribution is -2.59.